The van der Waals surface area contributed by atoms with E-state index in [2.05, 4.69) is 58.2 Å². The van der Waals surface area contributed by atoms with Crippen molar-refractivity contribution in [1.29, 1.82) is 0 Å². The smallest absolute Gasteiger partial charge is 0.354 e. The van der Waals surface area contributed by atoms with E-state index in [-0.39, 0.29) is 41.0 Å². The van der Waals surface area contributed by atoms with E-state index >= 15 is 0 Å². The van der Waals surface area contributed by atoms with Crippen molar-refractivity contribution >= 4 is 248 Å². The summed E-state index contributed by atoms with van der Waals surface area (Å²) in [4.78, 5) is 32.6. The molecule has 0 amide bonds. The van der Waals surface area contributed by atoms with Gasteiger partial charge in [-0.1, -0.05) is 118 Å². The zero-order valence-electron chi connectivity index (χ0n) is 74.3. The summed E-state index contributed by atoms with van der Waals surface area (Å²) in [5.74, 6) is -0.458. The Labute approximate surface area is 822 Å². The number of sulfonamides is 6. The molecule has 0 spiro atoms. The van der Waals surface area contributed by atoms with Crippen LogP contribution in [-0.2, 0) is 71.3 Å². The monoisotopic (exact) mass is 2080 g/mol. The molecule has 0 atom stereocenters. The van der Waals surface area contributed by atoms with Crippen LogP contribution in [0.15, 0.2) is 277 Å². The second-order valence-electron chi connectivity index (χ2n) is 31.4. The van der Waals surface area contributed by atoms with Gasteiger partial charge in [-0.25, -0.2) is 55.3 Å². The summed E-state index contributed by atoms with van der Waals surface area (Å²) < 4.78 is 171. The molecular formula is C97H89Cl7N12O14S6. The third-order valence-electron chi connectivity index (χ3n) is 21.9. The van der Waals surface area contributed by atoms with Crippen LogP contribution in [0.5, 0.6) is 0 Å². The second kappa shape index (κ2) is 41.9. The van der Waals surface area contributed by atoms with Gasteiger partial charge in [0.15, 0.2) is 0 Å². The van der Waals surface area contributed by atoms with Crippen molar-refractivity contribution in [2.75, 3.05) is 34.9 Å². The number of nitrogens with zero attached hydrogens (tertiary/aromatic N) is 1. The zero-order chi connectivity index (χ0) is 98.4. The number of aryl methyl sites for hydroxylation is 5. The lowest BCUT2D eigenvalue weighted by Crippen LogP contribution is -2.14. The van der Waals surface area contributed by atoms with E-state index < -0.39 is 66.1 Å². The Balaban J connectivity index is 0.000000138. The third-order valence-corrected chi connectivity index (χ3v) is 33.7. The molecule has 706 valence electrons. The fourth-order valence-corrected chi connectivity index (χ4v) is 24.1. The standard InChI is InChI=1S/C18H17ClN2O4S.C17H17ClN2O2S.C16H14Cl2N2O2S.C16H15ClN2O2S.2C15H13ClN2O2S/c1-3-25-18(22)16-10-12-9-13(7-8-15(12)20-16)21-26(23,24)17-6-4-5-14(19)11(17)2;1-10-12(3)19-16-8-7-13(9-14(10)16)20-23(21,22)17-6-4-5-15(18)11(17)2;1-9-10(2)19-15-6-4-12(8-13(9)15)20-23(21,22)16-7-11(17)3-5-14(16)18;1-10-8-12-9-13(6-7-15(12)18-10)19-22(20,21)16-5-3-4-14(17)11(16)2;1-10-13(16)3-2-4-15(10)21(19,20)18-12-5-6-14-11(9-12)7-8-17-14;1-10-13(16)3-2-4-15(10)21(19,20)18-12-6-5-11-7-8-17-14(11)9-12/h4-10,20-21H,3H2,1-2H3;4-9,19-20H,1-3H3;3-8,19-20H,1-2H3;3-9,18-19H,1-2H3;2-9,17-18H,1H3;2-6,8-9,18H,7H2,1H3. The summed E-state index contributed by atoms with van der Waals surface area (Å²) in [7, 11) is -22.3. The summed E-state index contributed by atoms with van der Waals surface area (Å²) >= 11 is 41.9. The van der Waals surface area contributed by atoms with Gasteiger partial charge in [-0.05, 0) is 321 Å². The van der Waals surface area contributed by atoms with Crippen LogP contribution in [0.1, 0.15) is 79.0 Å². The minimum Gasteiger partial charge on any atom is -0.461 e. The van der Waals surface area contributed by atoms with Gasteiger partial charge >= 0.3 is 5.97 Å². The van der Waals surface area contributed by atoms with Crippen LogP contribution in [-0.4, -0.2) is 94.2 Å². The van der Waals surface area contributed by atoms with Crippen molar-refractivity contribution in [3.63, 3.8) is 0 Å². The number of anilines is 6. The largest absolute Gasteiger partial charge is 0.461 e. The molecule has 0 unspecified atom stereocenters. The highest BCUT2D eigenvalue weighted by molar-refractivity contribution is 7.94. The molecule has 0 saturated heterocycles. The molecule has 5 aromatic heterocycles. The molecule has 12 aromatic carbocycles. The lowest BCUT2D eigenvalue weighted by molar-refractivity contribution is 0.0520. The highest BCUT2D eigenvalue weighted by Gasteiger charge is 2.27. The van der Waals surface area contributed by atoms with Crippen LogP contribution in [0.4, 0.5) is 39.8 Å². The van der Waals surface area contributed by atoms with Crippen molar-refractivity contribution in [1.82, 2.24) is 24.9 Å². The first kappa shape index (κ1) is 101. The quantitative estimate of drug-likeness (QED) is 0.0316. The van der Waals surface area contributed by atoms with E-state index in [1.807, 2.05) is 95.6 Å². The molecular weight excluding hydrogens is 2000 g/mol. The Morgan fingerprint density at radius 3 is 1.08 bits per heavy atom. The number of carbonyl (C=O) groups excluding carboxylic acids is 1. The Morgan fingerprint density at radius 1 is 0.331 bits per heavy atom. The van der Waals surface area contributed by atoms with Crippen molar-refractivity contribution < 1.29 is 60.0 Å². The summed E-state index contributed by atoms with van der Waals surface area (Å²) in [6.07, 6.45) is 4.41. The van der Waals surface area contributed by atoms with Gasteiger partial charge < -0.3 is 29.7 Å². The van der Waals surface area contributed by atoms with Crippen molar-refractivity contribution in [2.24, 2.45) is 4.99 Å². The Morgan fingerprint density at radius 2 is 0.676 bits per heavy atom. The molecule has 1 aliphatic heterocycles. The van der Waals surface area contributed by atoms with Gasteiger partial charge in [0.05, 0.1) is 47.5 Å². The van der Waals surface area contributed by atoms with Gasteiger partial charge in [0.1, 0.15) is 10.6 Å². The van der Waals surface area contributed by atoms with E-state index in [0.717, 1.165) is 89.5 Å². The number of hydrogen-bond donors (Lipinski definition) is 11. The summed E-state index contributed by atoms with van der Waals surface area (Å²) in [6.45, 7) is 20.3. The molecule has 1 aliphatic rings. The number of H-pyrrole nitrogens is 5. The normalized spacial score (nSPS) is 12.0. The lowest BCUT2D eigenvalue weighted by atomic mass is 10.1. The fourth-order valence-electron chi connectivity index (χ4n) is 14.5. The lowest BCUT2D eigenvalue weighted by Gasteiger charge is -2.11. The number of fused-ring (bicyclic) bond motifs is 6. The molecule has 17 aromatic rings. The number of carbonyl (C=O) groups is 1. The minimum atomic E-state index is -3.82. The van der Waals surface area contributed by atoms with E-state index in [1.54, 1.807) is 205 Å². The number of rotatable bonds is 20. The summed E-state index contributed by atoms with van der Waals surface area (Å²) in [6, 6.07) is 65.7. The molecule has 0 aliphatic carbocycles. The van der Waals surface area contributed by atoms with E-state index in [4.69, 9.17) is 85.9 Å². The highest BCUT2D eigenvalue weighted by Crippen LogP contribution is 2.37. The van der Waals surface area contributed by atoms with Crippen LogP contribution in [0.3, 0.4) is 0 Å². The Bertz CT molecular complexity index is 8200. The maximum Gasteiger partial charge on any atom is 0.354 e. The van der Waals surface area contributed by atoms with Crippen LogP contribution < -0.4 is 28.3 Å². The summed E-state index contributed by atoms with van der Waals surface area (Å²) in [5.41, 5.74) is 17.7. The molecule has 39 heteroatoms. The molecule has 6 heterocycles. The van der Waals surface area contributed by atoms with Gasteiger partial charge in [-0.15, -0.1) is 0 Å². The highest BCUT2D eigenvalue weighted by atomic mass is 35.5. The first-order valence-electron chi connectivity index (χ1n) is 41.4. The number of ether oxygens (including phenoxy) is 1. The number of aliphatic imine (C=N–C) groups is 1. The van der Waals surface area contributed by atoms with Crippen molar-refractivity contribution in [3.05, 3.63) is 345 Å². The first-order chi connectivity index (χ1) is 64.2. The predicted octanol–water partition coefficient (Wildman–Crippen LogP) is 25.4. The van der Waals surface area contributed by atoms with Gasteiger partial charge in [0.2, 0.25) is 0 Å². The first-order valence-corrected chi connectivity index (χ1v) is 52.9. The number of aromatic nitrogens is 5. The van der Waals surface area contributed by atoms with E-state index in [0.29, 0.717) is 109 Å². The molecule has 11 N–H and O–H groups in total. The number of benzene rings is 12. The van der Waals surface area contributed by atoms with Crippen molar-refractivity contribution in [3.8, 4) is 0 Å². The number of nitrogens with one attached hydrogen (secondary N) is 11. The second-order valence-corrected chi connectivity index (χ2v) is 44.2. The van der Waals surface area contributed by atoms with E-state index in [9.17, 15) is 55.3 Å². The Kier molecular flexibility index (Phi) is 31.3. The molecule has 136 heavy (non-hydrogen) atoms. The van der Waals surface area contributed by atoms with Gasteiger partial charge in [-0.3, -0.25) is 33.3 Å². The molecule has 0 fully saturated rings. The van der Waals surface area contributed by atoms with Gasteiger partial charge in [0.25, 0.3) is 60.1 Å². The number of aromatic amines is 5. The van der Waals surface area contributed by atoms with Crippen LogP contribution in [0, 0.1) is 69.2 Å². The third kappa shape index (κ3) is 23.8. The van der Waals surface area contributed by atoms with Crippen LogP contribution in [0.25, 0.3) is 54.5 Å². The molecule has 18 rings (SSSR count). The molecule has 26 nitrogen and oxygen atoms in total. The molecule has 0 bridgehead atoms. The molecule has 0 radical (unpaired) electrons. The maximum atomic E-state index is 12.7. The fraction of sp³-hybridized carbons (Fsp3) is 0.134. The number of hydrogen-bond acceptors (Lipinski definition) is 15. The number of esters is 1. The topological polar surface area (TPSA) is 395 Å². The van der Waals surface area contributed by atoms with E-state index in [1.165, 1.54) is 24.3 Å². The minimum absolute atomic E-state index is 0.0475. The van der Waals surface area contributed by atoms with Crippen LogP contribution in [0.2, 0.25) is 35.2 Å². The maximum absolute atomic E-state index is 12.7. The Hall–Kier alpha value is -12.0. The van der Waals surface area contributed by atoms with Crippen molar-refractivity contribution in [2.45, 2.75) is 112 Å². The van der Waals surface area contributed by atoms with Gasteiger partial charge in [0, 0.05) is 149 Å². The summed E-state index contributed by atoms with van der Waals surface area (Å²) in [5, 5.41) is 7.10. The number of halogens is 7. The zero-order valence-corrected chi connectivity index (χ0v) is 84.5. The molecule has 0 saturated carbocycles. The average molecular weight is 2090 g/mol. The van der Waals surface area contributed by atoms with Crippen LogP contribution >= 0.6 is 81.2 Å². The average Bonchev–Trinajstić information content (AvgIpc) is 1.59. The predicted molar refractivity (Wildman–Crippen MR) is 552 cm³/mol. The van der Waals surface area contributed by atoms with Gasteiger partial charge in [-0.2, -0.15) is 0 Å². The SMILES string of the molecule is CCOC(=O)c1cc2cc(NS(=O)(=O)c3cccc(Cl)c3C)ccc2[nH]1.Cc1[nH]c2ccc(NS(=O)(=O)c3cc(Cl)ccc3Cl)cc2c1C.Cc1[nH]c2ccc(NS(=O)(=O)c3cccc(Cl)c3C)cc2c1C.Cc1c(Cl)cccc1S(=O)(=O)Nc1ccc2[nH]ccc2c1.Cc1c(Cl)cccc1S(=O)(=O)Nc1ccc2c(c1)N=CC2.Cc1cc2cc(NS(=O)(=O)c3cccc(Cl)c3C)ccc2[nH]1.